The second kappa shape index (κ2) is 0.444. The third-order valence-electron chi connectivity index (χ3n) is 1.74. The van der Waals surface area contributed by atoms with Gasteiger partial charge in [0.1, 0.15) is 0 Å². The van der Waals surface area contributed by atoms with E-state index in [1.54, 1.807) is 0 Å². The fraction of sp³-hybridized carbons (Fsp3) is 0.800. The lowest BCUT2D eigenvalue weighted by Crippen LogP contribution is -1.91. The van der Waals surface area contributed by atoms with Crippen molar-refractivity contribution in [3.05, 3.63) is 5.92 Å². The van der Waals surface area contributed by atoms with Crippen LogP contribution >= 0.6 is 0 Å². The maximum absolute atomic E-state index is 1.85. The van der Waals surface area contributed by atoms with E-state index in [1.807, 2.05) is 5.92 Å². The summed E-state index contributed by atoms with van der Waals surface area (Å²) in [6.07, 6.45) is 4.50. The van der Waals surface area contributed by atoms with Crippen LogP contribution in [0.15, 0.2) is 0 Å². The van der Waals surface area contributed by atoms with Crippen molar-refractivity contribution in [2.75, 3.05) is 0 Å². The molecule has 1 radical (unpaired) electrons. The van der Waals surface area contributed by atoms with Gasteiger partial charge in [-0.25, -0.2) is 0 Å². The zero-order chi connectivity index (χ0) is 3.28. The van der Waals surface area contributed by atoms with Gasteiger partial charge in [-0.05, 0) is 31.1 Å². The van der Waals surface area contributed by atoms with Crippen LogP contribution in [0.3, 0.4) is 0 Å². The fourth-order valence-electron chi connectivity index (χ4n) is 1.01. The molecule has 2 rings (SSSR count). The van der Waals surface area contributed by atoms with E-state index in [1.165, 1.54) is 19.3 Å². The molecule has 0 aromatic carbocycles. The van der Waals surface area contributed by atoms with Crippen LogP contribution in [-0.4, -0.2) is 0 Å². The molecule has 0 nitrogen and oxygen atoms in total. The summed E-state index contributed by atoms with van der Waals surface area (Å²) >= 11 is 0. The van der Waals surface area contributed by atoms with Gasteiger partial charge in [0.05, 0.1) is 0 Å². The number of hydrogen-bond donors (Lipinski definition) is 0. The van der Waals surface area contributed by atoms with Crippen molar-refractivity contribution in [3.63, 3.8) is 0 Å². The number of rotatable bonds is 0. The van der Waals surface area contributed by atoms with E-state index in [0.29, 0.717) is 0 Å². The molecule has 0 saturated heterocycles. The lowest BCUT2D eigenvalue weighted by atomic mass is 10.0. The van der Waals surface area contributed by atoms with Crippen molar-refractivity contribution in [2.24, 2.45) is 5.92 Å². The average molecular weight is 67.1 g/mol. The van der Waals surface area contributed by atoms with Crippen molar-refractivity contribution in [2.45, 2.75) is 19.3 Å². The molecule has 5 heavy (non-hydrogen) atoms. The van der Waals surface area contributed by atoms with Gasteiger partial charge in [0.25, 0.3) is 0 Å². The molecule has 27 valence electrons. The van der Waals surface area contributed by atoms with Gasteiger partial charge in [-0.2, -0.15) is 0 Å². The summed E-state index contributed by atoms with van der Waals surface area (Å²) in [5.74, 6) is 3.00. The maximum Gasteiger partial charge on any atom is -0.0207 e. The van der Waals surface area contributed by atoms with Crippen molar-refractivity contribution in [1.29, 1.82) is 0 Å². The minimum atomic E-state index is 1.15. The summed E-state index contributed by atoms with van der Waals surface area (Å²) in [7, 11) is 0. The van der Waals surface area contributed by atoms with E-state index in [0.717, 1.165) is 5.92 Å². The van der Waals surface area contributed by atoms with Crippen molar-refractivity contribution < 1.29 is 0 Å². The Morgan fingerprint density at radius 3 is 2.40 bits per heavy atom. The Balaban J connectivity index is 2.19. The molecule has 2 aliphatic rings. The molecular weight excluding hydrogens is 60.1 g/mol. The number of hydrogen-bond acceptors (Lipinski definition) is 0. The highest BCUT2D eigenvalue weighted by molar-refractivity contribution is 5.21. The van der Waals surface area contributed by atoms with Crippen LogP contribution in [0.5, 0.6) is 0 Å². The molecule has 0 unspecified atom stereocenters. The molecule has 0 aromatic rings. The van der Waals surface area contributed by atoms with Crippen LogP contribution in [0.2, 0.25) is 0 Å². The summed E-state index contributed by atoms with van der Waals surface area (Å²) in [6.45, 7) is 0. The van der Waals surface area contributed by atoms with Gasteiger partial charge in [-0.15, -0.1) is 0 Å². The first-order valence-electron chi connectivity index (χ1n) is 2.31. The Kier molecular flexibility index (Phi) is 0.198. The third kappa shape index (κ3) is 0.132. The highest BCUT2D eigenvalue weighted by Crippen LogP contribution is 2.57. The molecule has 0 bridgehead atoms. The van der Waals surface area contributed by atoms with Crippen LogP contribution in [0.1, 0.15) is 19.3 Å². The molecule has 0 heterocycles. The van der Waals surface area contributed by atoms with Gasteiger partial charge in [-0.3, -0.25) is 0 Å². The Morgan fingerprint density at radius 1 is 1.60 bits per heavy atom. The lowest BCUT2D eigenvalue weighted by molar-refractivity contribution is 0.619. The van der Waals surface area contributed by atoms with E-state index in [9.17, 15) is 0 Å². The molecule has 0 spiro atoms. The predicted octanol–water partition coefficient (Wildman–Crippen LogP) is 1.37. The van der Waals surface area contributed by atoms with Gasteiger partial charge >= 0.3 is 0 Å². The minimum Gasteiger partial charge on any atom is -0.0493 e. The molecule has 0 amide bonds. The average Bonchev–Trinajstić information content (AvgIpc) is 1.74. The first kappa shape index (κ1) is 2.22. The normalized spacial score (nSPS) is 46.8. The van der Waals surface area contributed by atoms with Crippen molar-refractivity contribution in [3.8, 4) is 0 Å². The van der Waals surface area contributed by atoms with E-state index < -0.39 is 0 Å². The maximum atomic E-state index is 1.85. The van der Waals surface area contributed by atoms with Crippen LogP contribution in [0.4, 0.5) is 0 Å². The third-order valence-corrected chi connectivity index (χ3v) is 1.74. The number of fused-ring (bicyclic) bond motifs is 1. The van der Waals surface area contributed by atoms with Gasteiger partial charge in [0.2, 0.25) is 0 Å². The first-order valence-corrected chi connectivity index (χ1v) is 2.31. The molecule has 2 saturated carbocycles. The first-order chi connectivity index (χ1) is 2.47. The van der Waals surface area contributed by atoms with Crippen LogP contribution in [0.25, 0.3) is 0 Å². The fourth-order valence-corrected chi connectivity index (χ4v) is 1.01. The van der Waals surface area contributed by atoms with E-state index in [4.69, 9.17) is 0 Å². The van der Waals surface area contributed by atoms with E-state index >= 15 is 0 Å². The zero-order valence-corrected chi connectivity index (χ0v) is 3.20. The second-order valence-electron chi connectivity index (χ2n) is 2.10. The van der Waals surface area contributed by atoms with Crippen LogP contribution in [-0.2, 0) is 0 Å². The lowest BCUT2D eigenvalue weighted by Gasteiger charge is -2.04. The highest BCUT2D eigenvalue weighted by atomic mass is 14.5. The summed E-state index contributed by atoms with van der Waals surface area (Å²) < 4.78 is 0. The minimum absolute atomic E-state index is 1.15. The topological polar surface area (TPSA) is 0 Å². The van der Waals surface area contributed by atoms with Gasteiger partial charge in [0.15, 0.2) is 0 Å². The Morgan fingerprint density at radius 2 is 2.40 bits per heavy atom. The summed E-state index contributed by atoms with van der Waals surface area (Å²) in [6, 6.07) is 0. The summed E-state index contributed by atoms with van der Waals surface area (Å²) in [4.78, 5) is 0. The van der Waals surface area contributed by atoms with Crippen LogP contribution < -0.4 is 0 Å². The molecule has 2 aliphatic carbocycles. The Hall–Kier alpha value is 0. The molecule has 2 fully saturated rings. The van der Waals surface area contributed by atoms with Gasteiger partial charge < -0.3 is 0 Å². The quantitative estimate of drug-likeness (QED) is 0.401. The molecular formula is C5H7. The van der Waals surface area contributed by atoms with E-state index in [2.05, 4.69) is 0 Å². The smallest absolute Gasteiger partial charge is 0.0207 e. The Labute approximate surface area is 32.2 Å². The van der Waals surface area contributed by atoms with Gasteiger partial charge in [-0.1, -0.05) is 0 Å². The molecule has 0 N–H and O–H groups in total. The standard InChI is InChI=1S/C5H7/c1-2-5-3-4(1)5/h4H,1-3H2/t4-/m0/s1. The van der Waals surface area contributed by atoms with E-state index in [-0.39, 0.29) is 0 Å². The second-order valence-corrected chi connectivity index (χ2v) is 2.10. The van der Waals surface area contributed by atoms with Crippen LogP contribution in [0, 0.1) is 11.8 Å². The largest absolute Gasteiger partial charge is 0.0493 e. The van der Waals surface area contributed by atoms with Crippen molar-refractivity contribution >= 4 is 0 Å². The summed E-state index contributed by atoms with van der Waals surface area (Å²) in [5.41, 5.74) is 0. The summed E-state index contributed by atoms with van der Waals surface area (Å²) in [5, 5.41) is 0. The predicted molar refractivity (Wildman–Crippen MR) is 20.6 cm³/mol. The van der Waals surface area contributed by atoms with Crippen molar-refractivity contribution in [1.82, 2.24) is 0 Å². The highest BCUT2D eigenvalue weighted by Gasteiger charge is 2.45. The molecule has 0 aromatic heterocycles. The van der Waals surface area contributed by atoms with Gasteiger partial charge in [0, 0.05) is 0 Å². The SMILES string of the molecule is C1C[C@H]2C[C]12. The zero-order valence-electron chi connectivity index (χ0n) is 3.20. The monoisotopic (exact) mass is 67.1 g/mol. The Bertz CT molecular complexity index is 45.1. The molecule has 1 atom stereocenters. The molecule has 0 heteroatoms. The molecule has 0 aliphatic heterocycles.